The van der Waals surface area contributed by atoms with E-state index in [0.717, 1.165) is 40.2 Å². The molecule has 0 aromatic carbocycles. The number of nitrogens with zero attached hydrogens (tertiary/aromatic N) is 10. The topological polar surface area (TPSA) is 627 Å². The lowest BCUT2D eigenvalue weighted by Gasteiger charge is -2.26. The van der Waals surface area contributed by atoms with E-state index in [1.807, 2.05) is 4.98 Å². The normalized spacial score (nSPS) is 30.9. The first-order valence-electron chi connectivity index (χ1n) is 24.7. The minimum Gasteiger partial charge on any atom is -0.387 e. The van der Waals surface area contributed by atoms with E-state index >= 15 is 0 Å². The van der Waals surface area contributed by atoms with E-state index < -0.39 is 185 Å². The number of ether oxygens (including phenoxy) is 4. The van der Waals surface area contributed by atoms with Gasteiger partial charge in [0.25, 0.3) is 11.1 Å². The Morgan fingerprint density at radius 3 is 1.78 bits per heavy atom. The monoisotopic (exact) mass is 1300 g/mol. The van der Waals surface area contributed by atoms with Crippen LogP contribution in [0.5, 0.6) is 0 Å². The molecule has 0 aliphatic carbocycles. The van der Waals surface area contributed by atoms with Crippen LogP contribution in [-0.4, -0.2) is 197 Å². The summed E-state index contributed by atoms with van der Waals surface area (Å²) in [5, 5.41) is 44.8. The van der Waals surface area contributed by atoms with E-state index in [-0.39, 0.29) is 39.5 Å². The molecule has 18 atom stereocenters. The van der Waals surface area contributed by atoms with Crippen molar-refractivity contribution in [3.05, 3.63) is 84.7 Å². The molecule has 4 saturated heterocycles. The zero-order valence-electron chi connectivity index (χ0n) is 43.4. The van der Waals surface area contributed by atoms with Crippen molar-refractivity contribution in [3.63, 3.8) is 0 Å². The Bertz CT molecular complexity index is 3970. The number of imidazole rings is 2. The second kappa shape index (κ2) is 24.2. The minimum atomic E-state index is -5.73. The molecule has 0 bridgehead atoms. The molecular weight excluding hydrogens is 1250 g/mol. The van der Waals surface area contributed by atoms with Crippen molar-refractivity contribution in [2.45, 2.75) is 105 Å². The quantitative estimate of drug-likeness (QED) is 0.0283. The average molecular weight is 1300 g/mol. The second-order valence-corrected chi connectivity index (χ2v) is 24.7. The number of rotatable bonds is 22. The Morgan fingerprint density at radius 1 is 0.605 bits per heavy atom. The number of aliphatic hydroxyl groups is 4. The van der Waals surface area contributed by atoms with Gasteiger partial charge in [-0.2, -0.15) is 9.97 Å². The molecule has 43 nitrogen and oxygen atoms in total. The van der Waals surface area contributed by atoms with Crippen LogP contribution >= 0.6 is 31.3 Å². The summed E-state index contributed by atoms with van der Waals surface area (Å²) in [5.74, 6) is -0.740. The lowest BCUT2D eigenvalue weighted by atomic mass is 10.1. The van der Waals surface area contributed by atoms with Crippen LogP contribution in [0, 0.1) is 6.92 Å². The third-order valence-corrected chi connectivity index (χ3v) is 17.0. The molecule has 4 aliphatic rings. The third kappa shape index (κ3) is 13.4. The van der Waals surface area contributed by atoms with Crippen LogP contribution in [-0.2, 0) is 68.9 Å². The van der Waals surface area contributed by atoms with Crippen LogP contribution in [0.15, 0.2) is 56.6 Å². The van der Waals surface area contributed by atoms with E-state index in [1.54, 1.807) is 0 Å². The lowest BCUT2D eigenvalue weighted by molar-refractivity contribution is -0.0637. The molecule has 470 valence electrons. The molecule has 0 amide bonds. The van der Waals surface area contributed by atoms with Gasteiger partial charge in [-0.25, -0.2) is 47.8 Å². The lowest BCUT2D eigenvalue weighted by Crippen LogP contribution is -2.38. The van der Waals surface area contributed by atoms with Crippen molar-refractivity contribution in [2.75, 3.05) is 43.6 Å². The van der Waals surface area contributed by atoms with Crippen LogP contribution in [0.2, 0.25) is 0 Å². The molecule has 86 heavy (non-hydrogen) atoms. The molecule has 6 aromatic rings. The van der Waals surface area contributed by atoms with Gasteiger partial charge in [0.15, 0.2) is 41.3 Å². The Kier molecular flexibility index (Phi) is 17.7. The number of anilines is 3. The molecule has 4 fully saturated rings. The number of nitrogen functional groups attached to an aromatic ring is 3. The highest BCUT2D eigenvalue weighted by molar-refractivity contribution is 7.48. The fourth-order valence-corrected chi connectivity index (χ4v) is 12.7. The van der Waals surface area contributed by atoms with Gasteiger partial charge in [0.1, 0.15) is 91.0 Å². The summed E-state index contributed by atoms with van der Waals surface area (Å²) < 4.78 is 116. The van der Waals surface area contributed by atoms with Gasteiger partial charge in [-0.05, 0) is 13.0 Å². The highest BCUT2D eigenvalue weighted by atomic mass is 31.2. The predicted octanol–water partition coefficient (Wildman–Crippen LogP) is -5.14. The number of nitrogens with two attached hydrogens (primary N) is 3. The zero-order valence-corrected chi connectivity index (χ0v) is 47.0. The highest BCUT2D eigenvalue weighted by Crippen LogP contribution is 2.54. The number of fused-ring (bicyclic) bond motifs is 2. The number of aliphatic hydroxyl groups excluding tert-OH is 4. The maximum Gasteiger partial charge on any atom is 0.472 e. The summed E-state index contributed by atoms with van der Waals surface area (Å²) >= 11 is 0. The Hall–Kier alpha value is -6.02. The SMILES string of the molecule is Cc1cn([C@H]2C[C@H](OP(=O)(O)OC[C@H]3O[C@@H](n4cnc5c(N)ncnc54)[C@H](O)[C@@H]3O)[C@@H](COP(=O)(O)O[C@H]3[C@@H](O)[C@H](n4cnc5c(=O)[nH]c(N)nc54)O[C@@H]3COP(=O)(O)O[C@H]3[C@@H](O)[C@H](n4ccc(N)nc4=O)O[C@@H]3COP(=O)(O)O)O2)c(=O)[nH]c1=O. The maximum absolute atomic E-state index is 14.1. The molecule has 0 saturated carbocycles. The molecule has 47 heteroatoms. The first-order valence-corrected chi connectivity index (χ1v) is 30.7. The van der Waals surface area contributed by atoms with Crippen LogP contribution < -0.4 is 39.7 Å². The van der Waals surface area contributed by atoms with E-state index in [1.165, 1.54) is 17.8 Å². The first-order chi connectivity index (χ1) is 40.4. The van der Waals surface area contributed by atoms with Crippen molar-refractivity contribution >= 4 is 71.2 Å². The van der Waals surface area contributed by atoms with Gasteiger partial charge in [0.05, 0.1) is 39.1 Å². The van der Waals surface area contributed by atoms with Gasteiger partial charge in [-0.3, -0.25) is 69.5 Å². The van der Waals surface area contributed by atoms with Crippen molar-refractivity contribution in [1.82, 2.24) is 58.1 Å². The number of hydrogen-bond donors (Lipinski definition) is 14. The van der Waals surface area contributed by atoms with Crippen molar-refractivity contribution in [1.29, 1.82) is 0 Å². The number of aryl methyl sites for hydroxylation is 1. The molecule has 4 aliphatic heterocycles. The maximum atomic E-state index is 14.1. The Balaban J connectivity index is 0.866. The minimum absolute atomic E-state index is 0.0149. The van der Waals surface area contributed by atoms with Crippen molar-refractivity contribution in [3.8, 4) is 0 Å². The van der Waals surface area contributed by atoms with Gasteiger partial charge >= 0.3 is 42.7 Å². The van der Waals surface area contributed by atoms with E-state index in [2.05, 4.69) is 39.4 Å². The molecule has 10 heterocycles. The van der Waals surface area contributed by atoms with Gasteiger partial charge < -0.3 is 81.0 Å². The fraction of sp³-hybridized carbons (Fsp3) is 0.538. The number of hydrogen-bond acceptors (Lipinski definition) is 32. The smallest absolute Gasteiger partial charge is 0.387 e. The molecule has 0 spiro atoms. The van der Waals surface area contributed by atoms with E-state index in [4.69, 9.17) is 63.3 Å². The van der Waals surface area contributed by atoms with Gasteiger partial charge in [0.2, 0.25) is 5.95 Å². The molecule has 0 radical (unpaired) electrons. The number of H-pyrrole nitrogens is 2. The largest absolute Gasteiger partial charge is 0.472 e. The van der Waals surface area contributed by atoms with Crippen molar-refractivity contribution in [2.24, 2.45) is 0 Å². The number of aromatic amines is 2. The third-order valence-electron chi connectivity index (χ3n) is 13.5. The Labute approximate surface area is 475 Å². The number of phosphoric acid groups is 4. The number of nitrogens with one attached hydrogen (secondary N) is 2. The summed E-state index contributed by atoms with van der Waals surface area (Å²) in [5.41, 5.74) is 12.8. The summed E-state index contributed by atoms with van der Waals surface area (Å²) in [7, 11) is -22.1. The summed E-state index contributed by atoms with van der Waals surface area (Å²) in [6.07, 6.45) is -23.0. The fourth-order valence-electron chi connectivity index (χ4n) is 9.50. The summed E-state index contributed by atoms with van der Waals surface area (Å²) in [6, 6.07) is 1.10. The standard InChI is InChI=1S/C39H51N15O28P4/c1-13-5-52(39(62)50-32(13)59)20-4-14(80-84(66,67)74-7-16-23(55)24(56)34(77-16)53-11-45-21-29(41)43-10-44-30(21)53)15(76-20)6-73-85(68,69)82-28-18(79-36(26(28)58)54-12-46-22-31(54)48-37(42)49-33(22)60)9-75-86(70,71)81-27-17(8-72-83(63,64)65)78-35(25(27)57)51-3-2-19(40)47-38(51)61/h2-3,5,10-12,14-18,20,23-28,34-36,55-58H,4,6-9H2,1H3,(H,66,67)(H,68,69)(H,70,71)(H2,40,47,61)(H2,41,43,44)(H,50,59,62)(H2,63,64,65)(H3,42,48,49,60)/t14-,15+,16+,17+,18+,20+,23+,24+,25+,26+,27+,28+,34+,35+,36+/m0/s1. The molecule has 6 aromatic heterocycles. The van der Waals surface area contributed by atoms with Crippen LogP contribution in [0.25, 0.3) is 22.3 Å². The summed E-state index contributed by atoms with van der Waals surface area (Å²) in [6.45, 7) is -3.22. The van der Waals surface area contributed by atoms with Crippen LogP contribution in [0.3, 0.4) is 0 Å². The van der Waals surface area contributed by atoms with E-state index in [0.29, 0.717) is 4.57 Å². The van der Waals surface area contributed by atoms with E-state index in [9.17, 15) is 82.3 Å². The average Bonchev–Trinajstić information content (AvgIpc) is 1.77. The molecular formula is C39H51N15O28P4. The number of phosphoric ester groups is 4. The van der Waals surface area contributed by atoms with Gasteiger partial charge in [-0.1, -0.05) is 0 Å². The molecule has 17 N–H and O–H groups in total. The van der Waals surface area contributed by atoms with Gasteiger partial charge in [0, 0.05) is 24.4 Å². The predicted molar refractivity (Wildman–Crippen MR) is 275 cm³/mol. The zero-order chi connectivity index (χ0) is 62.1. The van der Waals surface area contributed by atoms with Gasteiger partial charge in [-0.15, -0.1) is 0 Å². The molecule has 3 unspecified atom stereocenters. The molecule has 10 rings (SSSR count). The summed E-state index contributed by atoms with van der Waals surface area (Å²) in [4.78, 5) is 131. The second-order valence-electron chi connectivity index (χ2n) is 19.3. The highest BCUT2D eigenvalue weighted by Gasteiger charge is 2.54. The van der Waals surface area contributed by atoms with Crippen LogP contribution in [0.4, 0.5) is 17.6 Å². The number of aromatic nitrogens is 12. The van der Waals surface area contributed by atoms with Crippen molar-refractivity contribution < 1.29 is 114 Å². The first kappa shape index (κ1) is 63.0. The van der Waals surface area contributed by atoms with Crippen LogP contribution in [0.1, 0.15) is 36.9 Å². The Morgan fingerprint density at radius 2 is 1.15 bits per heavy atom.